The molecular weight excluding hydrogens is 897 g/mol. The first-order chi connectivity index (χ1) is 36.5. The minimum atomic E-state index is 0.613. The number of fused-ring (bicyclic) bond motifs is 8. The molecule has 0 spiro atoms. The molecule has 0 saturated heterocycles. The molecule has 13 aromatic rings. The Morgan fingerprint density at radius 2 is 0.743 bits per heavy atom. The second kappa shape index (κ2) is 17.9. The van der Waals surface area contributed by atoms with Gasteiger partial charge in [-0.1, -0.05) is 166 Å². The van der Waals surface area contributed by atoms with Gasteiger partial charge in [0.1, 0.15) is 0 Å². The van der Waals surface area contributed by atoms with Gasteiger partial charge < -0.3 is 18.9 Å². The Bertz CT molecular complexity index is 4210. The summed E-state index contributed by atoms with van der Waals surface area (Å²) in [4.78, 5) is 4.89. The van der Waals surface area contributed by atoms with Gasteiger partial charge >= 0.3 is 0 Å². The lowest BCUT2D eigenvalue weighted by atomic mass is 9.80. The third kappa shape index (κ3) is 7.28. The van der Waals surface area contributed by atoms with Crippen LogP contribution in [0.25, 0.3) is 76.8 Å². The second-order valence-corrected chi connectivity index (χ2v) is 20.3. The quantitative estimate of drug-likeness (QED) is 0.143. The molecule has 2 heterocycles. The van der Waals surface area contributed by atoms with Crippen molar-refractivity contribution in [2.75, 3.05) is 9.80 Å². The van der Waals surface area contributed by atoms with Crippen LogP contribution in [0.2, 0.25) is 0 Å². The minimum absolute atomic E-state index is 0.613. The van der Waals surface area contributed by atoms with Crippen LogP contribution in [0, 0.1) is 11.8 Å². The highest BCUT2D eigenvalue weighted by molar-refractivity contribution is 6.11. The van der Waals surface area contributed by atoms with E-state index in [4.69, 9.17) is 0 Å². The maximum Gasteiger partial charge on any atom is 0.0542 e. The molecule has 0 aliphatic heterocycles. The van der Waals surface area contributed by atoms with Crippen LogP contribution in [-0.4, -0.2) is 9.13 Å². The second-order valence-electron chi connectivity index (χ2n) is 20.3. The molecule has 11 aromatic carbocycles. The molecule has 0 amide bonds. The van der Waals surface area contributed by atoms with E-state index >= 15 is 0 Å². The number of aromatic nitrogens is 2. The number of nitrogens with zero attached hydrogens (tertiary/aromatic N) is 4. The Labute approximate surface area is 432 Å². The van der Waals surface area contributed by atoms with Crippen LogP contribution in [0.5, 0.6) is 0 Å². The van der Waals surface area contributed by atoms with Gasteiger partial charge in [0.2, 0.25) is 0 Å². The van der Waals surface area contributed by atoms with E-state index in [-0.39, 0.29) is 0 Å². The molecule has 0 fully saturated rings. The fourth-order valence-corrected chi connectivity index (χ4v) is 12.1. The average molecular weight is 951 g/mol. The van der Waals surface area contributed by atoms with E-state index in [1.165, 1.54) is 71.2 Å². The van der Waals surface area contributed by atoms with Crippen molar-refractivity contribution in [3.05, 3.63) is 266 Å². The molecule has 4 nitrogen and oxygen atoms in total. The van der Waals surface area contributed by atoms with Crippen LogP contribution in [0.1, 0.15) is 25.1 Å². The lowest BCUT2D eigenvalue weighted by Crippen LogP contribution is -2.21. The van der Waals surface area contributed by atoms with Crippen LogP contribution in [0.4, 0.5) is 34.1 Å². The van der Waals surface area contributed by atoms with Gasteiger partial charge in [-0.15, -0.1) is 0 Å². The molecular formula is C70H54N4. The van der Waals surface area contributed by atoms with Crippen LogP contribution in [0.15, 0.2) is 255 Å². The van der Waals surface area contributed by atoms with Crippen molar-refractivity contribution in [1.29, 1.82) is 0 Å². The molecule has 74 heavy (non-hydrogen) atoms. The third-order valence-electron chi connectivity index (χ3n) is 16.0. The average Bonchev–Trinajstić information content (AvgIpc) is 3.96. The van der Waals surface area contributed by atoms with Crippen molar-refractivity contribution in [3.8, 4) is 22.5 Å². The molecule has 4 heteroatoms. The summed E-state index contributed by atoms with van der Waals surface area (Å²) in [5, 5.41) is 8.65. The van der Waals surface area contributed by atoms with Gasteiger partial charge in [0, 0.05) is 66.7 Å². The van der Waals surface area contributed by atoms with Crippen molar-refractivity contribution in [1.82, 2.24) is 9.13 Å². The van der Waals surface area contributed by atoms with E-state index in [2.05, 4.69) is 288 Å². The van der Waals surface area contributed by atoms with Crippen molar-refractivity contribution in [3.63, 3.8) is 0 Å². The standard InChI is InChI=1S/C70H54N4/c1-47-43-62-64-46-58(40-42-69(64)74(70(62)44-48(47)2)54-23-7-4-8-24-54)72(66-30-16-20-52-18-10-12-26-60(52)66)56-37-33-50(34-38-56)49-31-35-55(36-32-49)71(65-29-15-19-51-17-9-11-25-59(51)65)57-39-41-68-63(45-57)61-27-13-14-28-67(61)73(68)53-21-5-3-6-22-53/h3-42,45-48H,43-44H2,1-2H3. The fraction of sp³-hybridized carbons (Fsp3) is 0.0857. The summed E-state index contributed by atoms with van der Waals surface area (Å²) in [6, 6.07) is 93.6. The van der Waals surface area contributed by atoms with Crippen molar-refractivity contribution >= 4 is 88.4 Å². The fourth-order valence-electron chi connectivity index (χ4n) is 12.1. The van der Waals surface area contributed by atoms with Crippen molar-refractivity contribution in [2.45, 2.75) is 26.7 Å². The molecule has 1 aliphatic rings. The molecule has 2 aromatic heterocycles. The molecule has 2 atom stereocenters. The topological polar surface area (TPSA) is 16.3 Å². The maximum atomic E-state index is 2.53. The molecule has 14 rings (SSSR count). The first kappa shape index (κ1) is 43.7. The zero-order chi connectivity index (χ0) is 49.3. The number of hydrogen-bond acceptors (Lipinski definition) is 2. The summed E-state index contributed by atoms with van der Waals surface area (Å²) in [7, 11) is 0. The van der Waals surface area contributed by atoms with Gasteiger partial charge in [0.15, 0.2) is 0 Å². The van der Waals surface area contributed by atoms with Gasteiger partial charge in [-0.05, 0) is 155 Å². The predicted octanol–water partition coefficient (Wildman–Crippen LogP) is 19.0. The van der Waals surface area contributed by atoms with E-state index in [1.807, 2.05) is 0 Å². The maximum absolute atomic E-state index is 2.53. The Kier molecular flexibility index (Phi) is 10.5. The SMILES string of the molecule is CC1Cc2c(n(-c3ccccc3)c3ccc(N(c4ccc(-c5ccc(N(c6ccc7c(c6)c6ccccc6n7-c6ccccc6)c6cccc7ccccc67)cc5)cc4)c4cccc5ccccc45)cc23)CC1C. The highest BCUT2D eigenvalue weighted by Crippen LogP contribution is 2.46. The van der Waals surface area contributed by atoms with Gasteiger partial charge in [-0.3, -0.25) is 0 Å². The molecule has 1 aliphatic carbocycles. The summed E-state index contributed by atoms with van der Waals surface area (Å²) in [6.45, 7) is 4.84. The number of rotatable bonds is 9. The first-order valence-corrected chi connectivity index (χ1v) is 26.1. The Morgan fingerprint density at radius 3 is 1.31 bits per heavy atom. The first-order valence-electron chi connectivity index (χ1n) is 26.1. The van der Waals surface area contributed by atoms with E-state index in [0.717, 1.165) is 63.8 Å². The minimum Gasteiger partial charge on any atom is -0.313 e. The van der Waals surface area contributed by atoms with E-state index < -0.39 is 0 Å². The van der Waals surface area contributed by atoms with Gasteiger partial charge in [0.25, 0.3) is 0 Å². The van der Waals surface area contributed by atoms with Crippen LogP contribution in [0.3, 0.4) is 0 Å². The van der Waals surface area contributed by atoms with Gasteiger partial charge in [-0.2, -0.15) is 0 Å². The number of anilines is 6. The van der Waals surface area contributed by atoms with E-state index in [9.17, 15) is 0 Å². The lowest BCUT2D eigenvalue weighted by Gasteiger charge is -2.28. The lowest BCUT2D eigenvalue weighted by molar-refractivity contribution is 0.357. The Balaban J connectivity index is 0.867. The summed E-state index contributed by atoms with van der Waals surface area (Å²) >= 11 is 0. The van der Waals surface area contributed by atoms with Gasteiger partial charge in [-0.25, -0.2) is 0 Å². The van der Waals surface area contributed by atoms with Crippen LogP contribution >= 0.6 is 0 Å². The molecule has 0 bridgehead atoms. The predicted molar refractivity (Wildman–Crippen MR) is 313 cm³/mol. The molecule has 0 saturated carbocycles. The molecule has 2 unspecified atom stereocenters. The zero-order valence-electron chi connectivity index (χ0n) is 41.6. The Morgan fingerprint density at radius 1 is 0.324 bits per heavy atom. The van der Waals surface area contributed by atoms with Crippen molar-refractivity contribution < 1.29 is 0 Å². The molecule has 0 radical (unpaired) electrons. The molecule has 354 valence electrons. The summed E-state index contributed by atoms with van der Waals surface area (Å²) < 4.78 is 4.92. The zero-order valence-corrected chi connectivity index (χ0v) is 41.6. The van der Waals surface area contributed by atoms with Crippen LogP contribution < -0.4 is 9.80 Å². The number of para-hydroxylation sites is 3. The third-order valence-corrected chi connectivity index (χ3v) is 16.0. The highest BCUT2D eigenvalue weighted by atomic mass is 15.2. The summed E-state index contributed by atoms with van der Waals surface area (Å²) in [5.41, 5.74) is 18.1. The van der Waals surface area contributed by atoms with E-state index in [0.29, 0.717) is 11.8 Å². The van der Waals surface area contributed by atoms with Gasteiger partial charge in [0.05, 0.1) is 27.9 Å². The normalized spacial score (nSPS) is 14.5. The smallest absolute Gasteiger partial charge is 0.0542 e. The monoisotopic (exact) mass is 950 g/mol. The van der Waals surface area contributed by atoms with Crippen LogP contribution in [-0.2, 0) is 12.8 Å². The summed E-state index contributed by atoms with van der Waals surface area (Å²) in [5.74, 6) is 1.23. The Hall–Kier alpha value is -9.12. The number of hydrogen-bond donors (Lipinski definition) is 0. The van der Waals surface area contributed by atoms with E-state index in [1.54, 1.807) is 0 Å². The largest absolute Gasteiger partial charge is 0.313 e. The highest BCUT2D eigenvalue weighted by Gasteiger charge is 2.29. The summed E-state index contributed by atoms with van der Waals surface area (Å²) in [6.07, 6.45) is 2.15. The van der Waals surface area contributed by atoms with Crippen molar-refractivity contribution in [2.24, 2.45) is 11.8 Å². The molecule has 0 N–H and O–H groups in total. The number of benzene rings is 11.